The molecule has 5 heteroatoms. The third kappa shape index (κ3) is 7.93. The quantitative estimate of drug-likeness (QED) is 0.646. The van der Waals surface area contributed by atoms with Crippen molar-refractivity contribution in [2.75, 3.05) is 26.2 Å². The Morgan fingerprint density at radius 2 is 1.72 bits per heavy atom. The molecule has 1 N–H and O–H groups in total. The molecule has 0 bridgehead atoms. The number of hydrogen-bond acceptors (Lipinski definition) is 2. The minimum atomic E-state index is -4.11. The summed E-state index contributed by atoms with van der Waals surface area (Å²) < 4.78 is 37.5. The molecule has 2 unspecified atom stereocenters. The van der Waals surface area contributed by atoms with Crippen LogP contribution in [-0.2, 0) is 0 Å². The predicted octanol–water partition coefficient (Wildman–Crippen LogP) is 3.28. The minimum Gasteiger partial charge on any atom is -0.316 e. The Hall–Kier alpha value is -0.290. The van der Waals surface area contributed by atoms with E-state index in [4.69, 9.17) is 0 Å². The van der Waals surface area contributed by atoms with Crippen LogP contribution in [0.2, 0.25) is 0 Å². The molecule has 0 rings (SSSR count). The van der Waals surface area contributed by atoms with E-state index >= 15 is 0 Å². The van der Waals surface area contributed by atoms with Crippen LogP contribution in [0.5, 0.6) is 0 Å². The van der Waals surface area contributed by atoms with E-state index in [1.807, 2.05) is 20.8 Å². The van der Waals surface area contributed by atoms with Gasteiger partial charge in [0.2, 0.25) is 0 Å². The van der Waals surface area contributed by atoms with Crippen LogP contribution in [-0.4, -0.2) is 43.3 Å². The van der Waals surface area contributed by atoms with Crippen molar-refractivity contribution in [3.8, 4) is 0 Å². The van der Waals surface area contributed by atoms with Crippen molar-refractivity contribution in [2.45, 2.75) is 52.8 Å². The lowest BCUT2D eigenvalue weighted by Crippen LogP contribution is -2.46. The molecule has 110 valence electrons. The van der Waals surface area contributed by atoms with E-state index in [1.165, 1.54) is 4.90 Å². The fourth-order valence-corrected chi connectivity index (χ4v) is 1.98. The molecule has 2 atom stereocenters. The zero-order valence-electron chi connectivity index (χ0n) is 12.0. The van der Waals surface area contributed by atoms with Gasteiger partial charge in [-0.15, -0.1) is 0 Å². The topological polar surface area (TPSA) is 15.3 Å². The lowest BCUT2D eigenvalue weighted by Gasteiger charge is -2.33. The molecular weight excluding hydrogens is 241 g/mol. The lowest BCUT2D eigenvalue weighted by molar-refractivity contribution is -0.152. The Morgan fingerprint density at radius 1 is 1.11 bits per heavy atom. The zero-order valence-corrected chi connectivity index (χ0v) is 12.0. The average molecular weight is 268 g/mol. The molecule has 0 radical (unpaired) electrons. The Morgan fingerprint density at radius 3 is 2.17 bits per heavy atom. The van der Waals surface area contributed by atoms with Gasteiger partial charge in [-0.3, -0.25) is 4.90 Å². The summed E-state index contributed by atoms with van der Waals surface area (Å²) >= 11 is 0. The van der Waals surface area contributed by atoms with Gasteiger partial charge in [-0.25, -0.2) is 0 Å². The maximum absolute atomic E-state index is 12.5. The van der Waals surface area contributed by atoms with Crippen LogP contribution in [0.25, 0.3) is 0 Å². The third-order valence-electron chi connectivity index (χ3n) is 3.19. The van der Waals surface area contributed by atoms with Crippen LogP contribution in [0.3, 0.4) is 0 Å². The van der Waals surface area contributed by atoms with Gasteiger partial charge in [0.15, 0.2) is 0 Å². The fourth-order valence-electron chi connectivity index (χ4n) is 1.98. The number of halogens is 3. The number of alkyl halides is 3. The molecule has 0 saturated carbocycles. The molecule has 0 fully saturated rings. The van der Waals surface area contributed by atoms with E-state index in [0.717, 1.165) is 25.9 Å². The molecule has 0 aromatic carbocycles. The van der Waals surface area contributed by atoms with E-state index in [1.54, 1.807) is 0 Å². The highest BCUT2D eigenvalue weighted by Crippen LogP contribution is 2.20. The monoisotopic (exact) mass is 268 g/mol. The van der Waals surface area contributed by atoms with Gasteiger partial charge in [0.05, 0.1) is 6.54 Å². The van der Waals surface area contributed by atoms with Crippen molar-refractivity contribution in [3.05, 3.63) is 0 Å². The molecule has 2 nitrogen and oxygen atoms in total. The van der Waals surface area contributed by atoms with E-state index in [9.17, 15) is 13.2 Å². The Labute approximate surface area is 109 Å². The van der Waals surface area contributed by atoms with Crippen LogP contribution >= 0.6 is 0 Å². The first kappa shape index (κ1) is 17.7. The smallest absolute Gasteiger partial charge is 0.316 e. The molecule has 18 heavy (non-hydrogen) atoms. The number of nitrogens with one attached hydrogen (secondary N) is 1. The molecule has 0 aromatic rings. The standard InChI is InChI=1S/C13H27F3N2/c1-5-7-17-9-11(3)12(4)18(8-6-2)10-13(14,15)16/h11-12,17H,5-10H2,1-4H3. The van der Waals surface area contributed by atoms with Gasteiger partial charge in [-0.05, 0) is 45.3 Å². The second-order valence-corrected chi connectivity index (χ2v) is 5.01. The third-order valence-corrected chi connectivity index (χ3v) is 3.19. The number of rotatable bonds is 9. The summed E-state index contributed by atoms with van der Waals surface area (Å²) in [6.45, 7) is 9.27. The molecule has 0 aliphatic heterocycles. The second-order valence-electron chi connectivity index (χ2n) is 5.01. The van der Waals surface area contributed by atoms with E-state index in [-0.39, 0.29) is 12.0 Å². The molecular formula is C13H27F3N2. The summed E-state index contributed by atoms with van der Waals surface area (Å²) in [6.07, 6.45) is -2.32. The first-order valence-electron chi connectivity index (χ1n) is 6.83. The molecule has 0 aliphatic rings. The second kappa shape index (κ2) is 8.75. The van der Waals surface area contributed by atoms with Gasteiger partial charge >= 0.3 is 6.18 Å². The van der Waals surface area contributed by atoms with Crippen LogP contribution < -0.4 is 5.32 Å². The molecule has 0 amide bonds. The summed E-state index contributed by atoms with van der Waals surface area (Å²) in [6, 6.07) is -0.0593. The van der Waals surface area contributed by atoms with Crippen molar-refractivity contribution in [1.82, 2.24) is 10.2 Å². The van der Waals surface area contributed by atoms with Crippen LogP contribution in [0, 0.1) is 5.92 Å². The summed E-state index contributed by atoms with van der Waals surface area (Å²) in [5.74, 6) is 0.213. The van der Waals surface area contributed by atoms with E-state index in [2.05, 4.69) is 12.2 Å². The van der Waals surface area contributed by atoms with Crippen LogP contribution in [0.4, 0.5) is 13.2 Å². The normalized spacial score (nSPS) is 16.0. The Balaban J connectivity index is 4.30. The van der Waals surface area contributed by atoms with Crippen molar-refractivity contribution < 1.29 is 13.2 Å². The summed E-state index contributed by atoms with van der Waals surface area (Å²) in [5.41, 5.74) is 0. The van der Waals surface area contributed by atoms with Gasteiger partial charge in [0.25, 0.3) is 0 Å². The van der Waals surface area contributed by atoms with Crippen LogP contribution in [0.1, 0.15) is 40.5 Å². The highest BCUT2D eigenvalue weighted by Gasteiger charge is 2.33. The summed E-state index contributed by atoms with van der Waals surface area (Å²) in [7, 11) is 0. The predicted molar refractivity (Wildman–Crippen MR) is 69.7 cm³/mol. The molecule has 0 aliphatic carbocycles. The van der Waals surface area contributed by atoms with Crippen molar-refractivity contribution in [3.63, 3.8) is 0 Å². The van der Waals surface area contributed by atoms with Gasteiger partial charge < -0.3 is 5.32 Å². The molecule has 0 spiro atoms. The van der Waals surface area contributed by atoms with Crippen molar-refractivity contribution >= 4 is 0 Å². The van der Waals surface area contributed by atoms with Gasteiger partial charge in [-0.1, -0.05) is 20.8 Å². The Kier molecular flexibility index (Phi) is 8.61. The van der Waals surface area contributed by atoms with E-state index in [0.29, 0.717) is 6.54 Å². The minimum absolute atomic E-state index is 0.0593. The summed E-state index contributed by atoms with van der Waals surface area (Å²) in [5, 5.41) is 3.27. The number of hydrogen-bond donors (Lipinski definition) is 1. The van der Waals surface area contributed by atoms with Gasteiger partial charge in [0, 0.05) is 6.04 Å². The highest BCUT2D eigenvalue weighted by molar-refractivity contribution is 4.76. The van der Waals surface area contributed by atoms with E-state index < -0.39 is 12.7 Å². The first-order chi connectivity index (χ1) is 8.31. The van der Waals surface area contributed by atoms with Gasteiger partial charge in [-0.2, -0.15) is 13.2 Å². The fraction of sp³-hybridized carbons (Fsp3) is 1.00. The van der Waals surface area contributed by atoms with Crippen molar-refractivity contribution in [2.24, 2.45) is 5.92 Å². The van der Waals surface area contributed by atoms with Crippen LogP contribution in [0.15, 0.2) is 0 Å². The maximum Gasteiger partial charge on any atom is 0.401 e. The summed E-state index contributed by atoms with van der Waals surface area (Å²) in [4.78, 5) is 1.54. The first-order valence-corrected chi connectivity index (χ1v) is 6.83. The average Bonchev–Trinajstić information content (AvgIpc) is 2.26. The molecule has 0 heterocycles. The highest BCUT2D eigenvalue weighted by atomic mass is 19.4. The Bertz CT molecular complexity index is 207. The molecule has 0 saturated heterocycles. The number of nitrogens with zero attached hydrogens (tertiary/aromatic N) is 1. The SMILES string of the molecule is CCCNCC(C)C(C)N(CCC)CC(F)(F)F. The lowest BCUT2D eigenvalue weighted by atomic mass is 10.0. The maximum atomic E-state index is 12.5. The van der Waals surface area contributed by atoms with Gasteiger partial charge in [0.1, 0.15) is 0 Å². The zero-order chi connectivity index (χ0) is 14.2. The van der Waals surface area contributed by atoms with Crippen molar-refractivity contribution in [1.29, 1.82) is 0 Å². The largest absolute Gasteiger partial charge is 0.401 e. The molecule has 0 aromatic heterocycles.